The topological polar surface area (TPSA) is 53.2 Å². The Morgan fingerprint density at radius 2 is 1.97 bits per heavy atom. The van der Waals surface area contributed by atoms with Crippen LogP contribution in [-0.4, -0.2) is 42.3 Å². The maximum atomic E-state index is 5.99. The smallest absolute Gasteiger partial charge is 0.139 e. The van der Waals surface area contributed by atoms with Crippen LogP contribution in [0.5, 0.6) is 5.75 Å². The fourth-order valence-electron chi connectivity index (χ4n) is 4.70. The van der Waals surface area contributed by atoms with E-state index in [2.05, 4.69) is 56.6 Å². The van der Waals surface area contributed by atoms with Crippen molar-refractivity contribution in [2.45, 2.75) is 38.1 Å². The van der Waals surface area contributed by atoms with Crippen LogP contribution in [0, 0.1) is 5.92 Å². The number of H-pyrrole nitrogens is 1. The largest absolute Gasteiger partial charge is 0.490 e. The molecule has 2 aliphatic rings. The van der Waals surface area contributed by atoms with E-state index in [1.165, 1.54) is 48.0 Å². The molecule has 4 heterocycles. The average Bonchev–Trinajstić information content (AvgIpc) is 3.42. The van der Waals surface area contributed by atoms with Crippen molar-refractivity contribution >= 4 is 16.6 Å². The lowest BCUT2D eigenvalue weighted by Crippen LogP contribution is -2.34. The maximum absolute atomic E-state index is 5.99. The van der Waals surface area contributed by atoms with E-state index in [1.54, 1.807) is 0 Å². The number of hydrogen-bond acceptors (Lipinski definition) is 4. The van der Waals surface area contributed by atoms with Gasteiger partial charge in [-0.25, -0.2) is 0 Å². The van der Waals surface area contributed by atoms with Crippen molar-refractivity contribution in [2.75, 3.05) is 31.1 Å². The van der Waals surface area contributed by atoms with E-state index in [4.69, 9.17) is 4.74 Å². The molecule has 3 aromatic rings. The highest BCUT2D eigenvalue weighted by Crippen LogP contribution is 2.28. The van der Waals surface area contributed by atoms with Crippen LogP contribution in [0.3, 0.4) is 0 Å². The highest BCUT2D eigenvalue weighted by atomic mass is 16.5. The van der Waals surface area contributed by atoms with Crippen LogP contribution < -0.4 is 15.0 Å². The first kappa shape index (κ1) is 18.5. The van der Waals surface area contributed by atoms with Crippen LogP contribution in [0.4, 0.5) is 5.69 Å². The lowest BCUT2D eigenvalue weighted by atomic mass is 9.92. The van der Waals surface area contributed by atoms with Gasteiger partial charge in [-0.2, -0.15) is 0 Å². The van der Waals surface area contributed by atoms with Crippen LogP contribution in [-0.2, 0) is 6.42 Å². The van der Waals surface area contributed by atoms with Gasteiger partial charge in [0.25, 0.3) is 0 Å². The van der Waals surface area contributed by atoms with E-state index in [9.17, 15) is 0 Å². The third kappa shape index (κ3) is 4.40. The van der Waals surface area contributed by atoms with E-state index in [1.807, 2.05) is 12.4 Å². The summed E-state index contributed by atoms with van der Waals surface area (Å²) in [6.07, 6.45) is 9.83. The molecule has 2 aliphatic heterocycles. The van der Waals surface area contributed by atoms with Crippen molar-refractivity contribution in [2.24, 2.45) is 5.92 Å². The van der Waals surface area contributed by atoms with E-state index in [-0.39, 0.29) is 0 Å². The standard InChI is InChI=1S/C24H30N4O/c1-2-6-24-19(4-1)13-21(27-24)12-18-7-10-28(11-8-18)22-14-23(16-25-15-22)29-17-20-5-3-9-26-20/h1-2,4,6,13-16,18,20,26-27H,3,5,7-12,17H2. The molecule has 2 N–H and O–H groups in total. The van der Waals surface area contributed by atoms with Gasteiger partial charge in [0.1, 0.15) is 12.4 Å². The number of ether oxygens (including phenoxy) is 1. The highest BCUT2D eigenvalue weighted by molar-refractivity contribution is 5.80. The normalized spacial score (nSPS) is 20.4. The molecule has 2 fully saturated rings. The average molecular weight is 391 g/mol. The third-order valence-corrected chi connectivity index (χ3v) is 6.39. The van der Waals surface area contributed by atoms with Gasteiger partial charge >= 0.3 is 0 Å². The Labute approximate surface area is 172 Å². The zero-order chi connectivity index (χ0) is 19.5. The number of hydrogen-bond donors (Lipinski definition) is 2. The monoisotopic (exact) mass is 390 g/mol. The summed E-state index contributed by atoms with van der Waals surface area (Å²) in [6, 6.07) is 13.5. The number of para-hydroxylation sites is 1. The first-order chi connectivity index (χ1) is 14.3. The Bertz CT molecular complexity index is 906. The molecule has 5 rings (SSSR count). The number of piperidine rings is 1. The summed E-state index contributed by atoms with van der Waals surface area (Å²) in [5.41, 5.74) is 3.80. The first-order valence-electron chi connectivity index (χ1n) is 11.0. The number of nitrogens with zero attached hydrogens (tertiary/aromatic N) is 2. The molecule has 0 radical (unpaired) electrons. The molecular formula is C24H30N4O. The molecule has 152 valence electrons. The fraction of sp³-hybridized carbons (Fsp3) is 0.458. The Morgan fingerprint density at radius 3 is 2.79 bits per heavy atom. The number of aromatic nitrogens is 2. The molecule has 0 spiro atoms. The van der Waals surface area contributed by atoms with Gasteiger partial charge < -0.3 is 19.9 Å². The Morgan fingerprint density at radius 1 is 1.07 bits per heavy atom. The molecule has 1 unspecified atom stereocenters. The quantitative estimate of drug-likeness (QED) is 0.664. The minimum absolute atomic E-state index is 0.485. The van der Waals surface area contributed by atoms with Gasteiger partial charge in [0.15, 0.2) is 0 Å². The minimum atomic E-state index is 0.485. The number of anilines is 1. The van der Waals surface area contributed by atoms with Gasteiger partial charge in [-0.05, 0) is 62.1 Å². The Kier molecular flexibility index (Phi) is 5.39. The number of pyridine rings is 1. The van der Waals surface area contributed by atoms with Crippen molar-refractivity contribution in [1.29, 1.82) is 0 Å². The molecule has 0 bridgehead atoms. The summed E-state index contributed by atoms with van der Waals surface area (Å²) in [5, 5.41) is 4.79. The number of nitrogens with one attached hydrogen (secondary N) is 2. The second kappa shape index (κ2) is 8.46. The van der Waals surface area contributed by atoms with Gasteiger partial charge in [-0.15, -0.1) is 0 Å². The molecular weight excluding hydrogens is 360 g/mol. The van der Waals surface area contributed by atoms with E-state index < -0.39 is 0 Å². The van der Waals surface area contributed by atoms with Gasteiger partial charge in [0, 0.05) is 36.4 Å². The minimum Gasteiger partial charge on any atom is -0.490 e. The second-order valence-electron chi connectivity index (χ2n) is 8.50. The third-order valence-electron chi connectivity index (χ3n) is 6.39. The Hall–Kier alpha value is -2.53. The Balaban J connectivity index is 1.15. The van der Waals surface area contributed by atoms with Crippen molar-refractivity contribution in [3.05, 3.63) is 54.5 Å². The summed E-state index contributed by atoms with van der Waals surface area (Å²) in [4.78, 5) is 10.5. The predicted octanol–water partition coefficient (Wildman–Crippen LogP) is 4.15. The van der Waals surface area contributed by atoms with Crippen LogP contribution in [0.2, 0.25) is 0 Å². The molecule has 29 heavy (non-hydrogen) atoms. The number of fused-ring (bicyclic) bond motifs is 1. The van der Waals surface area contributed by atoms with Crippen LogP contribution in [0.1, 0.15) is 31.4 Å². The summed E-state index contributed by atoms with van der Waals surface area (Å²) >= 11 is 0. The van der Waals surface area contributed by atoms with Crippen LogP contribution in [0.15, 0.2) is 48.8 Å². The maximum Gasteiger partial charge on any atom is 0.139 e. The number of rotatable bonds is 6. The summed E-state index contributed by atoms with van der Waals surface area (Å²) < 4.78 is 5.99. The fourth-order valence-corrected chi connectivity index (χ4v) is 4.70. The van der Waals surface area contributed by atoms with Gasteiger partial charge in [0.2, 0.25) is 0 Å². The molecule has 1 atom stereocenters. The summed E-state index contributed by atoms with van der Waals surface area (Å²) in [7, 11) is 0. The zero-order valence-electron chi connectivity index (χ0n) is 16.9. The van der Waals surface area contributed by atoms with E-state index >= 15 is 0 Å². The van der Waals surface area contributed by atoms with Gasteiger partial charge in [-0.3, -0.25) is 4.98 Å². The molecule has 0 aliphatic carbocycles. The van der Waals surface area contributed by atoms with Crippen LogP contribution >= 0.6 is 0 Å². The number of aromatic amines is 1. The molecule has 5 nitrogen and oxygen atoms in total. The molecule has 2 saturated heterocycles. The van der Waals surface area contributed by atoms with Crippen molar-refractivity contribution in [3.8, 4) is 5.75 Å². The molecule has 0 saturated carbocycles. The molecule has 1 aromatic carbocycles. The predicted molar refractivity (Wildman–Crippen MR) is 118 cm³/mol. The lowest BCUT2D eigenvalue weighted by Gasteiger charge is -2.33. The van der Waals surface area contributed by atoms with Crippen molar-refractivity contribution in [1.82, 2.24) is 15.3 Å². The van der Waals surface area contributed by atoms with Gasteiger partial charge in [0.05, 0.1) is 18.1 Å². The lowest BCUT2D eigenvalue weighted by molar-refractivity contribution is 0.276. The zero-order valence-corrected chi connectivity index (χ0v) is 16.9. The van der Waals surface area contributed by atoms with Crippen LogP contribution in [0.25, 0.3) is 10.9 Å². The SMILES string of the molecule is c1ccc2[nH]c(CC3CCN(c4cncc(OCC5CCCN5)c4)CC3)cc2c1. The molecule has 2 aromatic heterocycles. The van der Waals surface area contributed by atoms with E-state index in [0.29, 0.717) is 6.04 Å². The molecule has 5 heteroatoms. The molecule has 0 amide bonds. The van der Waals surface area contributed by atoms with Gasteiger partial charge in [-0.1, -0.05) is 18.2 Å². The number of benzene rings is 1. The summed E-state index contributed by atoms with van der Waals surface area (Å²) in [5.74, 6) is 1.62. The second-order valence-corrected chi connectivity index (χ2v) is 8.50. The first-order valence-corrected chi connectivity index (χ1v) is 11.0. The van der Waals surface area contributed by atoms with E-state index in [0.717, 1.165) is 44.3 Å². The van der Waals surface area contributed by atoms with Crippen molar-refractivity contribution in [3.63, 3.8) is 0 Å². The summed E-state index contributed by atoms with van der Waals surface area (Å²) in [6.45, 7) is 4.01. The highest BCUT2D eigenvalue weighted by Gasteiger charge is 2.21. The van der Waals surface area contributed by atoms with Crippen molar-refractivity contribution < 1.29 is 4.74 Å².